The Morgan fingerprint density at radius 3 is 2.33 bits per heavy atom. The lowest BCUT2D eigenvalue weighted by molar-refractivity contribution is -0.00824. The number of ether oxygens (including phenoxy) is 1. The highest BCUT2D eigenvalue weighted by Crippen LogP contribution is 2.37. The summed E-state index contributed by atoms with van der Waals surface area (Å²) in [7, 11) is 0. The van der Waals surface area contributed by atoms with Crippen molar-refractivity contribution in [1.29, 1.82) is 5.26 Å². The maximum Gasteiger partial charge on any atom is 0.199 e. The Kier molecular flexibility index (Phi) is 9.08. The minimum Gasteiger partial charge on any atom is -0.378 e. The van der Waals surface area contributed by atoms with Gasteiger partial charge in [0.1, 0.15) is 11.9 Å². The van der Waals surface area contributed by atoms with Crippen molar-refractivity contribution in [2.45, 2.75) is 76.2 Å². The molecule has 2 aliphatic rings. The van der Waals surface area contributed by atoms with E-state index in [9.17, 15) is 8.78 Å². The predicted octanol–water partition coefficient (Wildman–Crippen LogP) is 7.39. The van der Waals surface area contributed by atoms with E-state index in [1.54, 1.807) is 18.2 Å². The van der Waals surface area contributed by atoms with E-state index in [0.717, 1.165) is 38.2 Å². The van der Waals surface area contributed by atoms with Crippen molar-refractivity contribution in [1.82, 2.24) is 0 Å². The molecule has 0 atom stereocenters. The van der Waals surface area contributed by atoms with Crippen molar-refractivity contribution >= 4 is 0 Å². The number of nitriles is 1. The van der Waals surface area contributed by atoms with Crippen molar-refractivity contribution in [2.75, 3.05) is 6.61 Å². The third kappa shape index (κ3) is 7.36. The maximum atomic E-state index is 13.1. The van der Waals surface area contributed by atoms with Crippen LogP contribution in [-0.4, -0.2) is 12.7 Å². The minimum absolute atomic E-state index is 0.157. The van der Waals surface area contributed by atoms with Crippen molar-refractivity contribution in [2.24, 2.45) is 11.8 Å². The molecule has 0 radical (unpaired) electrons. The fraction of sp³-hybridized carbons (Fsp3) is 0.577. The van der Waals surface area contributed by atoms with Gasteiger partial charge in [0.2, 0.25) is 0 Å². The molecule has 2 fully saturated rings. The highest BCUT2D eigenvalue weighted by Gasteiger charge is 2.25. The second kappa shape index (κ2) is 12.0. The Morgan fingerprint density at radius 2 is 1.67 bits per heavy atom. The van der Waals surface area contributed by atoms with Crippen LogP contribution in [0.15, 0.2) is 48.3 Å². The Labute approximate surface area is 179 Å². The van der Waals surface area contributed by atoms with Crippen LogP contribution < -0.4 is 0 Å². The van der Waals surface area contributed by atoms with Gasteiger partial charge in [0.05, 0.1) is 6.10 Å². The summed E-state index contributed by atoms with van der Waals surface area (Å²) in [4.78, 5) is 0. The standard InChI is InChI=1S/C26H33F2NO/c27-24-14-12-23(13-15-24)22-10-6-21(7-11-22)19-30-26-16-8-20(9-17-26)4-2-1-3-5-25(28)18-29/h1,3,5,12-15,20-22,26H,2,4,6-11,16-17,19H2/b3-1+,25-5-. The largest absolute Gasteiger partial charge is 0.378 e. The van der Waals surface area contributed by atoms with E-state index in [0.29, 0.717) is 17.9 Å². The van der Waals surface area contributed by atoms with Crippen molar-refractivity contribution in [3.8, 4) is 6.07 Å². The van der Waals surface area contributed by atoms with Gasteiger partial charge in [-0.25, -0.2) is 4.39 Å². The summed E-state index contributed by atoms with van der Waals surface area (Å²) in [5.74, 6) is 1.05. The summed E-state index contributed by atoms with van der Waals surface area (Å²) in [6.45, 7) is 0.880. The molecule has 0 saturated heterocycles. The zero-order chi connectivity index (χ0) is 21.2. The summed E-state index contributed by atoms with van der Waals surface area (Å²) >= 11 is 0. The first-order valence-corrected chi connectivity index (χ1v) is 11.4. The van der Waals surface area contributed by atoms with Crippen molar-refractivity contribution in [3.63, 3.8) is 0 Å². The van der Waals surface area contributed by atoms with Crippen LogP contribution in [0, 0.1) is 29.0 Å². The molecule has 2 saturated carbocycles. The van der Waals surface area contributed by atoms with E-state index in [-0.39, 0.29) is 5.82 Å². The van der Waals surface area contributed by atoms with Crippen molar-refractivity contribution in [3.05, 3.63) is 59.7 Å². The van der Waals surface area contributed by atoms with E-state index in [1.165, 1.54) is 56.2 Å². The molecule has 1 aromatic rings. The molecule has 4 heteroatoms. The van der Waals surface area contributed by atoms with Crippen LogP contribution in [0.1, 0.15) is 75.7 Å². The van der Waals surface area contributed by atoms with E-state index >= 15 is 0 Å². The molecule has 0 spiro atoms. The number of benzene rings is 1. The summed E-state index contributed by atoms with van der Waals surface area (Å²) in [6.07, 6.45) is 16.7. The van der Waals surface area contributed by atoms with Crippen LogP contribution >= 0.6 is 0 Å². The third-order valence-corrected chi connectivity index (χ3v) is 6.78. The lowest BCUT2D eigenvalue weighted by atomic mass is 9.79. The summed E-state index contributed by atoms with van der Waals surface area (Å²) in [5, 5.41) is 8.36. The molecule has 0 aromatic heterocycles. The monoisotopic (exact) mass is 413 g/mol. The Hall–Kier alpha value is -1.99. The molecule has 2 nitrogen and oxygen atoms in total. The average Bonchev–Trinajstić information content (AvgIpc) is 2.79. The van der Waals surface area contributed by atoms with Gasteiger partial charge < -0.3 is 4.74 Å². The molecule has 0 bridgehead atoms. The number of halogens is 2. The SMILES string of the molecule is N#C/C(F)=C/C=C/CCC1CCC(OCC2CCC(c3ccc(F)cc3)CC2)CC1. The summed E-state index contributed by atoms with van der Waals surface area (Å²) in [5.41, 5.74) is 1.27. The Balaban J connectivity index is 1.27. The number of nitrogens with zero attached hydrogens (tertiary/aromatic N) is 1. The maximum absolute atomic E-state index is 13.1. The zero-order valence-corrected chi connectivity index (χ0v) is 17.7. The third-order valence-electron chi connectivity index (χ3n) is 6.78. The first kappa shape index (κ1) is 22.7. The second-order valence-electron chi connectivity index (χ2n) is 8.88. The van der Waals surface area contributed by atoms with E-state index in [1.807, 2.05) is 18.2 Å². The van der Waals surface area contributed by atoms with Gasteiger partial charge in [0.15, 0.2) is 5.83 Å². The molecule has 0 aliphatic heterocycles. The van der Waals surface area contributed by atoms with Crippen LogP contribution in [0.25, 0.3) is 0 Å². The summed E-state index contributed by atoms with van der Waals surface area (Å²) < 4.78 is 32.1. The zero-order valence-electron chi connectivity index (χ0n) is 17.7. The molecule has 0 amide bonds. The molecule has 30 heavy (non-hydrogen) atoms. The molecular formula is C26H33F2NO. The minimum atomic E-state index is -0.743. The summed E-state index contributed by atoms with van der Waals surface area (Å²) in [6, 6.07) is 8.49. The van der Waals surface area contributed by atoms with Crippen molar-refractivity contribution < 1.29 is 13.5 Å². The number of hydrogen-bond acceptors (Lipinski definition) is 2. The highest BCUT2D eigenvalue weighted by atomic mass is 19.1. The smallest absolute Gasteiger partial charge is 0.199 e. The quantitative estimate of drug-likeness (QED) is 0.329. The Morgan fingerprint density at radius 1 is 1.00 bits per heavy atom. The molecule has 0 heterocycles. The van der Waals surface area contributed by atoms with Crippen LogP contribution in [0.2, 0.25) is 0 Å². The van der Waals surface area contributed by atoms with Gasteiger partial charge in [-0.15, -0.1) is 0 Å². The number of allylic oxidation sites excluding steroid dienone is 4. The van der Waals surface area contributed by atoms with Gasteiger partial charge in [-0.1, -0.05) is 24.3 Å². The molecule has 3 rings (SSSR count). The Bertz CT molecular complexity index is 733. The van der Waals surface area contributed by atoms with E-state index in [2.05, 4.69) is 0 Å². The lowest BCUT2D eigenvalue weighted by Crippen LogP contribution is -2.25. The molecule has 162 valence electrons. The predicted molar refractivity (Wildman–Crippen MR) is 116 cm³/mol. The normalized spacial score (nSPS) is 27.8. The average molecular weight is 414 g/mol. The number of hydrogen-bond donors (Lipinski definition) is 0. The lowest BCUT2D eigenvalue weighted by Gasteiger charge is -2.32. The van der Waals surface area contributed by atoms with Gasteiger partial charge in [-0.3, -0.25) is 0 Å². The van der Waals surface area contributed by atoms with Crippen LogP contribution in [0.3, 0.4) is 0 Å². The van der Waals surface area contributed by atoms with Gasteiger partial charge in [0, 0.05) is 6.61 Å². The fourth-order valence-corrected chi connectivity index (χ4v) is 4.87. The van der Waals surface area contributed by atoms with Crippen LogP contribution in [0.4, 0.5) is 8.78 Å². The molecule has 0 N–H and O–H groups in total. The topological polar surface area (TPSA) is 33.0 Å². The van der Waals surface area contributed by atoms with E-state index < -0.39 is 5.83 Å². The van der Waals surface area contributed by atoms with Gasteiger partial charge in [0.25, 0.3) is 0 Å². The van der Waals surface area contributed by atoms with Gasteiger partial charge in [-0.05, 0) is 106 Å². The number of rotatable bonds is 8. The molecular weight excluding hydrogens is 380 g/mol. The highest BCUT2D eigenvalue weighted by molar-refractivity contribution is 5.21. The fourth-order valence-electron chi connectivity index (χ4n) is 4.87. The van der Waals surface area contributed by atoms with Gasteiger partial charge in [-0.2, -0.15) is 9.65 Å². The molecule has 2 aliphatic carbocycles. The van der Waals surface area contributed by atoms with E-state index in [4.69, 9.17) is 10.00 Å². The molecule has 1 aromatic carbocycles. The molecule has 0 unspecified atom stereocenters. The first-order chi connectivity index (χ1) is 14.6. The van der Waals surface area contributed by atoms with Gasteiger partial charge >= 0.3 is 0 Å². The van der Waals surface area contributed by atoms with Crippen LogP contribution in [0.5, 0.6) is 0 Å². The first-order valence-electron chi connectivity index (χ1n) is 11.4. The van der Waals surface area contributed by atoms with Crippen LogP contribution in [-0.2, 0) is 4.74 Å². The second-order valence-corrected chi connectivity index (χ2v) is 8.88.